The van der Waals surface area contributed by atoms with Crippen LogP contribution >= 0.6 is 46.9 Å². The predicted octanol–water partition coefficient (Wildman–Crippen LogP) is 5.05. The molecule has 0 atom stereocenters. The Bertz CT molecular complexity index is 513. The van der Waals surface area contributed by atoms with E-state index in [1.54, 1.807) is 10.8 Å². The number of hydrogen-bond acceptors (Lipinski definition) is 6. The van der Waals surface area contributed by atoms with E-state index < -0.39 is 0 Å². The number of thiol groups is 1. The molecule has 0 saturated heterocycles. The van der Waals surface area contributed by atoms with Gasteiger partial charge in [0.15, 0.2) is 0 Å². The Hall–Kier alpha value is 0.220. The lowest BCUT2D eigenvalue weighted by Gasteiger charge is -2.33. The van der Waals surface area contributed by atoms with Gasteiger partial charge in [-0.05, 0) is 34.1 Å². The van der Waals surface area contributed by atoms with Crippen molar-refractivity contribution in [3.8, 4) is 0 Å². The van der Waals surface area contributed by atoms with Gasteiger partial charge in [0.05, 0.1) is 20.4 Å². The van der Waals surface area contributed by atoms with Crippen molar-refractivity contribution in [3.63, 3.8) is 0 Å². The summed E-state index contributed by atoms with van der Waals surface area (Å²) in [6.45, 7) is 11.6. The molecule has 0 aliphatic carbocycles. The van der Waals surface area contributed by atoms with Crippen LogP contribution in [0.4, 0.5) is 11.4 Å². The van der Waals surface area contributed by atoms with E-state index in [1.807, 2.05) is 0 Å². The van der Waals surface area contributed by atoms with Crippen molar-refractivity contribution >= 4 is 58.3 Å². The van der Waals surface area contributed by atoms with E-state index in [1.165, 1.54) is 0 Å². The van der Waals surface area contributed by atoms with Gasteiger partial charge in [-0.25, -0.2) is 0 Å². The molecule has 0 aliphatic rings. The van der Waals surface area contributed by atoms with Crippen LogP contribution in [0.3, 0.4) is 0 Å². The largest absolute Gasteiger partial charge is 0.372 e. The number of anilines is 2. The third-order valence-corrected chi connectivity index (χ3v) is 6.72. The molecule has 0 bridgehead atoms. The first kappa shape index (κ1) is 18.3. The monoisotopic (exact) mass is 348 g/mol. The van der Waals surface area contributed by atoms with Crippen molar-refractivity contribution in [3.05, 3.63) is 9.02 Å². The zero-order valence-corrected chi connectivity index (χ0v) is 16.2. The molecule has 0 heterocycles. The van der Waals surface area contributed by atoms with Crippen LogP contribution in [0.1, 0.15) is 34.1 Å². The molecule has 0 saturated carbocycles. The number of hydrogen-bond donors (Lipinski definition) is 1. The maximum Gasteiger partial charge on any atom is 0.0835 e. The maximum absolute atomic E-state index is 5.44. The van der Waals surface area contributed by atoms with Gasteiger partial charge >= 0.3 is 0 Å². The summed E-state index contributed by atoms with van der Waals surface area (Å²) in [6.07, 6.45) is 1.06. The molecule has 0 radical (unpaired) electrons. The molecule has 6 heteroatoms. The Morgan fingerprint density at radius 3 is 2.05 bits per heavy atom. The predicted molar refractivity (Wildman–Crippen MR) is 103 cm³/mol. The van der Waals surface area contributed by atoms with Crippen molar-refractivity contribution in [2.45, 2.75) is 38.9 Å². The van der Waals surface area contributed by atoms with Crippen LogP contribution in [0.15, 0.2) is 0 Å². The molecule has 0 spiro atoms. The van der Waals surface area contributed by atoms with Crippen LogP contribution in [0.25, 0.3) is 0 Å². The molecule has 114 valence electrons. The zero-order chi connectivity index (χ0) is 15.5. The summed E-state index contributed by atoms with van der Waals surface area (Å²) in [4.78, 5) is 4.54. The molecule has 1 aromatic rings. The van der Waals surface area contributed by atoms with E-state index in [-0.39, 0.29) is 4.75 Å². The van der Waals surface area contributed by atoms with E-state index in [0.29, 0.717) is 0 Å². The molecular weight excluding hydrogens is 324 g/mol. The highest BCUT2D eigenvalue weighted by atomic mass is 33.1. The lowest BCUT2D eigenvalue weighted by atomic mass is 10.1. The minimum absolute atomic E-state index is 0.166. The van der Waals surface area contributed by atoms with Crippen LogP contribution in [-0.4, -0.2) is 31.4 Å². The van der Waals surface area contributed by atoms with E-state index in [9.17, 15) is 0 Å². The Kier molecular flexibility index (Phi) is 6.83. The van der Waals surface area contributed by atoms with E-state index in [4.69, 9.17) is 24.4 Å². The highest BCUT2D eigenvalue weighted by Crippen LogP contribution is 2.39. The lowest BCUT2D eigenvalue weighted by molar-refractivity contribution is 0.637. The third-order valence-electron chi connectivity index (χ3n) is 3.62. The number of rotatable bonds is 8. The van der Waals surface area contributed by atoms with Crippen molar-refractivity contribution < 1.29 is 0 Å². The van der Waals surface area contributed by atoms with Crippen LogP contribution < -0.4 is 9.80 Å². The molecule has 0 N–H and O–H groups in total. The van der Waals surface area contributed by atoms with Gasteiger partial charge in [0.2, 0.25) is 0 Å². The standard InChI is InChI=1S/C14H24N2S4/c1-6-16(7-2)11-10(12(17)13(11)18)15(5)9-8-14(3,4)20-19/h19H,6-9H2,1-5H3. The third kappa shape index (κ3) is 3.90. The van der Waals surface area contributed by atoms with Crippen molar-refractivity contribution in [2.24, 2.45) is 0 Å². The molecular formula is C14H24N2S4. The summed E-state index contributed by atoms with van der Waals surface area (Å²) >= 11 is 15.2. The van der Waals surface area contributed by atoms with Crippen molar-refractivity contribution in [1.82, 2.24) is 0 Å². The highest BCUT2D eigenvalue weighted by Gasteiger charge is 2.24. The fourth-order valence-corrected chi connectivity index (χ4v) is 3.28. The van der Waals surface area contributed by atoms with Crippen molar-refractivity contribution in [1.29, 1.82) is 0 Å². The minimum Gasteiger partial charge on any atom is -0.372 e. The minimum atomic E-state index is 0.166. The first-order valence-electron chi connectivity index (χ1n) is 6.91. The zero-order valence-electron chi connectivity index (χ0n) is 12.9. The van der Waals surface area contributed by atoms with Gasteiger partial charge in [0.1, 0.15) is 0 Å². The molecule has 1 aromatic carbocycles. The topological polar surface area (TPSA) is 6.48 Å². The molecule has 0 amide bonds. The lowest BCUT2D eigenvalue weighted by Crippen LogP contribution is -2.31. The van der Waals surface area contributed by atoms with E-state index in [2.05, 4.69) is 56.2 Å². The molecule has 0 unspecified atom stereocenters. The normalized spacial score (nSPS) is 11.9. The Morgan fingerprint density at radius 1 is 1.10 bits per heavy atom. The summed E-state index contributed by atoms with van der Waals surface area (Å²) in [6, 6.07) is 0. The van der Waals surface area contributed by atoms with Gasteiger partial charge in [-0.15, -0.1) is 11.7 Å². The highest BCUT2D eigenvalue weighted by molar-refractivity contribution is 8.69. The van der Waals surface area contributed by atoms with Crippen molar-refractivity contribution in [2.75, 3.05) is 36.5 Å². The van der Waals surface area contributed by atoms with Gasteiger partial charge in [0.25, 0.3) is 0 Å². The van der Waals surface area contributed by atoms with Gasteiger partial charge in [0, 0.05) is 31.4 Å². The molecule has 2 nitrogen and oxygen atoms in total. The molecule has 0 fully saturated rings. The SMILES string of the molecule is CCN(CC)c1c(N(C)CCC(C)(C)SS)c(=S)c1=S. The summed E-state index contributed by atoms with van der Waals surface area (Å²) in [5.74, 6) is 0. The summed E-state index contributed by atoms with van der Waals surface area (Å²) < 4.78 is 1.87. The van der Waals surface area contributed by atoms with Gasteiger partial charge in [-0.3, -0.25) is 0 Å². The van der Waals surface area contributed by atoms with Crippen LogP contribution in [0.2, 0.25) is 0 Å². The molecule has 1 rings (SSSR count). The summed E-state index contributed by atoms with van der Waals surface area (Å²) in [5.41, 5.74) is 2.31. The van der Waals surface area contributed by atoms with Gasteiger partial charge < -0.3 is 9.80 Å². The second-order valence-electron chi connectivity index (χ2n) is 5.55. The fourth-order valence-electron chi connectivity index (χ4n) is 2.15. The Balaban J connectivity index is 2.89. The summed E-state index contributed by atoms with van der Waals surface area (Å²) in [5, 5.41) is 0. The average Bonchev–Trinajstić information content (AvgIpc) is 2.44. The van der Waals surface area contributed by atoms with E-state index >= 15 is 0 Å². The molecule has 20 heavy (non-hydrogen) atoms. The number of nitrogens with zero attached hydrogens (tertiary/aromatic N) is 2. The first-order valence-corrected chi connectivity index (χ1v) is 9.59. The second-order valence-corrected chi connectivity index (χ2v) is 8.20. The van der Waals surface area contributed by atoms with Gasteiger partial charge in [-0.1, -0.05) is 35.2 Å². The Labute approximate surface area is 142 Å². The van der Waals surface area contributed by atoms with Crippen LogP contribution in [0.5, 0.6) is 0 Å². The van der Waals surface area contributed by atoms with Crippen LogP contribution in [-0.2, 0) is 0 Å². The smallest absolute Gasteiger partial charge is 0.0835 e. The quantitative estimate of drug-likeness (QED) is 0.398. The van der Waals surface area contributed by atoms with Gasteiger partial charge in [-0.2, -0.15) is 0 Å². The maximum atomic E-state index is 5.44. The second kappa shape index (κ2) is 7.47. The van der Waals surface area contributed by atoms with E-state index in [0.717, 1.165) is 46.5 Å². The van der Waals surface area contributed by atoms with Crippen LogP contribution in [0, 0.1) is 9.02 Å². The summed E-state index contributed by atoms with van der Waals surface area (Å²) in [7, 11) is 3.71. The molecule has 0 aliphatic heterocycles. The first-order chi connectivity index (χ1) is 9.29. The fraction of sp³-hybridized carbons (Fsp3) is 0.714. The Morgan fingerprint density at radius 2 is 1.60 bits per heavy atom. The average molecular weight is 349 g/mol. The molecule has 0 aromatic heterocycles.